The van der Waals surface area contributed by atoms with E-state index in [4.69, 9.17) is 5.73 Å². The van der Waals surface area contributed by atoms with Crippen molar-refractivity contribution >= 4 is 0 Å². The first-order valence-corrected chi connectivity index (χ1v) is 5.38. The molecule has 2 N–H and O–H groups in total. The van der Waals surface area contributed by atoms with E-state index in [0.717, 1.165) is 12.3 Å². The lowest BCUT2D eigenvalue weighted by Crippen LogP contribution is -2.45. The Morgan fingerprint density at radius 3 is 2.77 bits per heavy atom. The van der Waals surface area contributed by atoms with Crippen molar-refractivity contribution < 1.29 is 0 Å². The first-order valence-electron chi connectivity index (χ1n) is 5.38. The Morgan fingerprint density at radius 1 is 1.46 bits per heavy atom. The standard InChI is InChI=1S/C12H21N/c1-9-4-10-6-11(2,5-9)8-12(3,13)7-10/h7,9H,4-6,8,13H2,1-3H3. The van der Waals surface area contributed by atoms with E-state index >= 15 is 0 Å². The molecule has 0 aliphatic heterocycles. The summed E-state index contributed by atoms with van der Waals surface area (Å²) >= 11 is 0. The normalized spacial score (nSPS) is 50.2. The lowest BCUT2D eigenvalue weighted by atomic mass is 9.60. The van der Waals surface area contributed by atoms with Crippen LogP contribution in [0, 0.1) is 11.3 Å². The molecule has 1 fully saturated rings. The average molecular weight is 179 g/mol. The highest BCUT2D eigenvalue weighted by Crippen LogP contribution is 2.49. The minimum absolute atomic E-state index is 0.0392. The molecule has 3 unspecified atom stereocenters. The second kappa shape index (κ2) is 2.60. The van der Waals surface area contributed by atoms with Gasteiger partial charge < -0.3 is 5.73 Å². The molecule has 1 heteroatoms. The van der Waals surface area contributed by atoms with Gasteiger partial charge in [-0.1, -0.05) is 25.5 Å². The van der Waals surface area contributed by atoms with Crippen LogP contribution < -0.4 is 5.73 Å². The fourth-order valence-corrected chi connectivity index (χ4v) is 3.74. The van der Waals surface area contributed by atoms with Crippen molar-refractivity contribution in [1.82, 2.24) is 0 Å². The molecule has 3 atom stereocenters. The zero-order valence-electron chi connectivity index (χ0n) is 9.06. The predicted octanol–water partition coefficient (Wildman–Crippen LogP) is 2.86. The van der Waals surface area contributed by atoms with Crippen molar-refractivity contribution in [2.24, 2.45) is 17.1 Å². The Labute approximate surface area is 81.4 Å². The average Bonchev–Trinajstić information content (AvgIpc) is 1.75. The first-order chi connectivity index (χ1) is 5.89. The van der Waals surface area contributed by atoms with E-state index < -0.39 is 0 Å². The lowest BCUT2D eigenvalue weighted by molar-refractivity contribution is 0.148. The van der Waals surface area contributed by atoms with Crippen LogP contribution in [0.5, 0.6) is 0 Å². The molecule has 13 heavy (non-hydrogen) atoms. The number of nitrogens with two attached hydrogens (primary N) is 1. The van der Waals surface area contributed by atoms with E-state index in [1.807, 2.05) is 0 Å². The van der Waals surface area contributed by atoms with E-state index in [2.05, 4.69) is 26.8 Å². The molecule has 0 radical (unpaired) electrons. The molecule has 0 amide bonds. The summed E-state index contributed by atoms with van der Waals surface area (Å²) in [4.78, 5) is 0. The molecule has 2 rings (SSSR count). The van der Waals surface area contributed by atoms with Gasteiger partial charge >= 0.3 is 0 Å². The van der Waals surface area contributed by atoms with E-state index in [9.17, 15) is 0 Å². The molecule has 0 saturated heterocycles. The third-order valence-corrected chi connectivity index (χ3v) is 3.45. The number of hydrogen-bond donors (Lipinski definition) is 1. The van der Waals surface area contributed by atoms with Gasteiger partial charge in [-0.15, -0.1) is 0 Å². The molecule has 1 saturated carbocycles. The summed E-state index contributed by atoms with van der Waals surface area (Å²) in [5, 5.41) is 0. The summed E-state index contributed by atoms with van der Waals surface area (Å²) in [5.41, 5.74) is 8.28. The first kappa shape index (κ1) is 9.26. The maximum Gasteiger partial charge on any atom is 0.0318 e. The molecule has 0 aromatic carbocycles. The number of allylic oxidation sites excluding steroid dienone is 1. The van der Waals surface area contributed by atoms with Crippen LogP contribution in [0.2, 0.25) is 0 Å². The smallest absolute Gasteiger partial charge is 0.0318 e. The summed E-state index contributed by atoms with van der Waals surface area (Å²) < 4.78 is 0. The summed E-state index contributed by atoms with van der Waals surface area (Å²) in [7, 11) is 0. The third kappa shape index (κ3) is 1.80. The number of rotatable bonds is 0. The molecule has 2 bridgehead atoms. The maximum atomic E-state index is 6.22. The Kier molecular flexibility index (Phi) is 1.85. The quantitative estimate of drug-likeness (QED) is 0.568. The van der Waals surface area contributed by atoms with Gasteiger partial charge in [-0.05, 0) is 43.9 Å². The molecule has 74 valence electrons. The Morgan fingerprint density at radius 2 is 2.15 bits per heavy atom. The van der Waals surface area contributed by atoms with Gasteiger partial charge in [0.25, 0.3) is 0 Å². The lowest BCUT2D eigenvalue weighted by Gasteiger charge is -2.47. The van der Waals surface area contributed by atoms with Crippen LogP contribution in [-0.2, 0) is 0 Å². The van der Waals surface area contributed by atoms with Crippen LogP contribution in [0.1, 0.15) is 46.5 Å². The summed E-state index contributed by atoms with van der Waals surface area (Å²) in [5.74, 6) is 0.862. The molecule has 0 spiro atoms. The van der Waals surface area contributed by atoms with Gasteiger partial charge in [0.05, 0.1) is 0 Å². The highest BCUT2D eigenvalue weighted by Gasteiger charge is 2.40. The van der Waals surface area contributed by atoms with Crippen LogP contribution >= 0.6 is 0 Å². The highest BCUT2D eigenvalue weighted by atomic mass is 14.7. The molecule has 0 heterocycles. The summed E-state index contributed by atoms with van der Waals surface area (Å²) in [6, 6.07) is 0. The number of hydrogen-bond acceptors (Lipinski definition) is 1. The summed E-state index contributed by atoms with van der Waals surface area (Å²) in [6.45, 7) is 6.94. The Hall–Kier alpha value is -0.300. The second-order valence-electron chi connectivity index (χ2n) is 5.99. The van der Waals surface area contributed by atoms with Gasteiger partial charge in [-0.2, -0.15) is 0 Å². The number of fused-ring (bicyclic) bond motifs is 2. The van der Waals surface area contributed by atoms with Gasteiger partial charge in [0.2, 0.25) is 0 Å². The molecule has 1 nitrogen and oxygen atoms in total. The van der Waals surface area contributed by atoms with E-state index in [1.54, 1.807) is 5.57 Å². The molecule has 0 aromatic rings. The van der Waals surface area contributed by atoms with Crippen molar-refractivity contribution in [3.8, 4) is 0 Å². The molecule has 0 aromatic heterocycles. The third-order valence-electron chi connectivity index (χ3n) is 3.45. The van der Waals surface area contributed by atoms with Crippen molar-refractivity contribution in [1.29, 1.82) is 0 Å². The molecule has 2 aliphatic rings. The van der Waals surface area contributed by atoms with E-state index in [1.165, 1.54) is 19.3 Å². The van der Waals surface area contributed by atoms with Crippen LogP contribution in [0.3, 0.4) is 0 Å². The minimum atomic E-state index is -0.0392. The Balaban J connectivity index is 2.31. The SMILES string of the molecule is CC1CC2=CC(C)(N)CC(C)(C2)C1. The van der Waals surface area contributed by atoms with Gasteiger partial charge in [-0.25, -0.2) is 0 Å². The van der Waals surface area contributed by atoms with E-state index in [-0.39, 0.29) is 5.54 Å². The van der Waals surface area contributed by atoms with E-state index in [0.29, 0.717) is 5.41 Å². The predicted molar refractivity (Wildman–Crippen MR) is 56.4 cm³/mol. The van der Waals surface area contributed by atoms with Gasteiger partial charge in [-0.3, -0.25) is 0 Å². The highest BCUT2D eigenvalue weighted by molar-refractivity contribution is 5.22. The van der Waals surface area contributed by atoms with Crippen molar-refractivity contribution in [2.75, 3.05) is 0 Å². The van der Waals surface area contributed by atoms with Crippen LogP contribution in [-0.4, -0.2) is 5.54 Å². The van der Waals surface area contributed by atoms with Gasteiger partial charge in [0.1, 0.15) is 0 Å². The van der Waals surface area contributed by atoms with Crippen LogP contribution in [0.15, 0.2) is 11.6 Å². The molecule has 2 aliphatic carbocycles. The zero-order chi connectivity index (χ0) is 9.69. The Bertz CT molecular complexity index is 252. The van der Waals surface area contributed by atoms with Crippen molar-refractivity contribution in [3.05, 3.63) is 11.6 Å². The minimum Gasteiger partial charge on any atom is -0.322 e. The fourth-order valence-electron chi connectivity index (χ4n) is 3.74. The maximum absolute atomic E-state index is 6.22. The molecular formula is C12H21N. The molecular weight excluding hydrogens is 158 g/mol. The van der Waals surface area contributed by atoms with Gasteiger partial charge in [0, 0.05) is 5.54 Å². The second-order valence-corrected chi connectivity index (χ2v) is 5.99. The summed E-state index contributed by atoms with van der Waals surface area (Å²) in [6.07, 6.45) is 7.42. The van der Waals surface area contributed by atoms with Gasteiger partial charge in [0.15, 0.2) is 0 Å². The van der Waals surface area contributed by atoms with Crippen molar-refractivity contribution in [3.63, 3.8) is 0 Å². The zero-order valence-corrected chi connectivity index (χ0v) is 9.06. The fraction of sp³-hybridized carbons (Fsp3) is 0.833. The largest absolute Gasteiger partial charge is 0.322 e. The van der Waals surface area contributed by atoms with Crippen LogP contribution in [0.25, 0.3) is 0 Å². The van der Waals surface area contributed by atoms with Crippen molar-refractivity contribution in [2.45, 2.75) is 52.0 Å². The monoisotopic (exact) mass is 179 g/mol. The topological polar surface area (TPSA) is 26.0 Å². The van der Waals surface area contributed by atoms with Crippen LogP contribution in [0.4, 0.5) is 0 Å².